The summed E-state index contributed by atoms with van der Waals surface area (Å²) in [6.45, 7) is 0.726. The fraction of sp³-hybridized carbons (Fsp3) is 0.444. The standard InChI is InChI=1S/C9H13NO5S2/c1-15-6-2-5-10-17(13,14)8-4-3-7(16-8)9(11)12/h3-4,10H,2,5-6H2,1H3,(H,11,12). The van der Waals surface area contributed by atoms with Crippen LogP contribution in [0.15, 0.2) is 16.3 Å². The number of methoxy groups -OCH3 is 1. The van der Waals surface area contributed by atoms with Gasteiger partial charge in [0, 0.05) is 20.3 Å². The number of hydrogen-bond donors (Lipinski definition) is 2. The second-order valence-electron chi connectivity index (χ2n) is 3.17. The highest BCUT2D eigenvalue weighted by Gasteiger charge is 2.18. The molecule has 0 saturated carbocycles. The Labute approximate surface area is 103 Å². The zero-order valence-corrected chi connectivity index (χ0v) is 10.8. The Hall–Kier alpha value is -0.960. The summed E-state index contributed by atoms with van der Waals surface area (Å²) in [6.07, 6.45) is 0.562. The average Bonchev–Trinajstić information content (AvgIpc) is 2.74. The van der Waals surface area contributed by atoms with Crippen LogP contribution in [0, 0.1) is 0 Å². The predicted molar refractivity (Wildman–Crippen MR) is 63.0 cm³/mol. The van der Waals surface area contributed by atoms with Crippen LogP contribution in [0.3, 0.4) is 0 Å². The maximum Gasteiger partial charge on any atom is 0.345 e. The Balaban J connectivity index is 2.66. The van der Waals surface area contributed by atoms with Gasteiger partial charge in [-0.3, -0.25) is 0 Å². The zero-order valence-electron chi connectivity index (χ0n) is 9.17. The van der Waals surface area contributed by atoms with Gasteiger partial charge in [0.05, 0.1) is 0 Å². The number of sulfonamides is 1. The van der Waals surface area contributed by atoms with E-state index < -0.39 is 16.0 Å². The van der Waals surface area contributed by atoms with Crippen LogP contribution >= 0.6 is 11.3 Å². The molecule has 0 unspecified atom stereocenters. The first-order valence-electron chi connectivity index (χ1n) is 4.79. The van der Waals surface area contributed by atoms with Crippen molar-refractivity contribution in [3.8, 4) is 0 Å². The molecule has 1 aromatic rings. The molecule has 0 aliphatic rings. The lowest BCUT2D eigenvalue weighted by atomic mass is 10.5. The van der Waals surface area contributed by atoms with E-state index in [9.17, 15) is 13.2 Å². The molecule has 0 fully saturated rings. The molecule has 0 radical (unpaired) electrons. The Bertz CT molecular complexity index is 479. The molecule has 0 spiro atoms. The van der Waals surface area contributed by atoms with E-state index in [1.807, 2.05) is 0 Å². The lowest BCUT2D eigenvalue weighted by Crippen LogP contribution is -2.24. The third-order valence-electron chi connectivity index (χ3n) is 1.87. The molecule has 1 aromatic heterocycles. The van der Waals surface area contributed by atoms with E-state index in [4.69, 9.17) is 9.84 Å². The van der Waals surface area contributed by atoms with Crippen molar-refractivity contribution in [2.45, 2.75) is 10.6 Å². The number of nitrogens with one attached hydrogen (secondary N) is 1. The lowest BCUT2D eigenvalue weighted by molar-refractivity contribution is 0.0702. The molecule has 6 nitrogen and oxygen atoms in total. The summed E-state index contributed by atoms with van der Waals surface area (Å²) in [5.74, 6) is -1.13. The van der Waals surface area contributed by atoms with Crippen LogP contribution in [-0.2, 0) is 14.8 Å². The highest BCUT2D eigenvalue weighted by atomic mass is 32.2. The zero-order chi connectivity index (χ0) is 12.9. The summed E-state index contributed by atoms with van der Waals surface area (Å²) in [4.78, 5) is 10.6. The topological polar surface area (TPSA) is 92.7 Å². The molecule has 1 rings (SSSR count). The van der Waals surface area contributed by atoms with Gasteiger partial charge < -0.3 is 9.84 Å². The summed E-state index contributed by atoms with van der Waals surface area (Å²) in [5, 5.41) is 8.69. The van der Waals surface area contributed by atoms with Gasteiger partial charge in [0.15, 0.2) is 0 Å². The quantitative estimate of drug-likeness (QED) is 0.719. The van der Waals surface area contributed by atoms with Crippen molar-refractivity contribution in [1.29, 1.82) is 0 Å². The first-order chi connectivity index (χ1) is 7.97. The smallest absolute Gasteiger partial charge is 0.345 e. The van der Waals surface area contributed by atoms with Gasteiger partial charge >= 0.3 is 5.97 Å². The Morgan fingerprint density at radius 2 is 2.24 bits per heavy atom. The van der Waals surface area contributed by atoms with Crippen molar-refractivity contribution >= 4 is 27.3 Å². The minimum absolute atomic E-state index is 0.00210. The van der Waals surface area contributed by atoms with Gasteiger partial charge in [0.2, 0.25) is 10.0 Å². The summed E-state index contributed by atoms with van der Waals surface area (Å²) in [7, 11) is -2.07. The molecule has 0 saturated heterocycles. The van der Waals surface area contributed by atoms with Gasteiger partial charge in [-0.05, 0) is 18.6 Å². The monoisotopic (exact) mass is 279 g/mol. The fourth-order valence-electron chi connectivity index (χ4n) is 1.07. The van der Waals surface area contributed by atoms with E-state index in [-0.39, 0.29) is 15.6 Å². The van der Waals surface area contributed by atoms with Crippen LogP contribution < -0.4 is 4.72 Å². The van der Waals surface area contributed by atoms with Crippen molar-refractivity contribution in [2.75, 3.05) is 20.3 Å². The van der Waals surface area contributed by atoms with Gasteiger partial charge in [-0.15, -0.1) is 11.3 Å². The molecule has 17 heavy (non-hydrogen) atoms. The molecule has 0 aromatic carbocycles. The Kier molecular flexibility index (Phi) is 5.06. The normalized spacial score (nSPS) is 11.6. The second kappa shape index (κ2) is 6.10. The number of hydrogen-bond acceptors (Lipinski definition) is 5. The molecule has 0 atom stereocenters. The molecular formula is C9H13NO5S2. The first kappa shape index (κ1) is 14.1. The molecule has 0 aliphatic heterocycles. The number of carboxylic acids is 1. The van der Waals surface area contributed by atoms with Crippen molar-refractivity contribution in [3.05, 3.63) is 17.0 Å². The van der Waals surface area contributed by atoms with E-state index in [1.165, 1.54) is 19.2 Å². The van der Waals surface area contributed by atoms with E-state index in [1.54, 1.807) is 0 Å². The van der Waals surface area contributed by atoms with E-state index >= 15 is 0 Å². The maximum absolute atomic E-state index is 11.7. The van der Waals surface area contributed by atoms with Gasteiger partial charge in [-0.25, -0.2) is 17.9 Å². The van der Waals surface area contributed by atoms with Gasteiger partial charge in [0.25, 0.3) is 0 Å². The number of carboxylic acid groups (broad SMARTS) is 1. The van der Waals surface area contributed by atoms with E-state index in [0.29, 0.717) is 13.0 Å². The number of ether oxygens (including phenoxy) is 1. The summed E-state index contributed by atoms with van der Waals surface area (Å²) in [5.41, 5.74) is 0. The van der Waals surface area contributed by atoms with Gasteiger partial charge in [0.1, 0.15) is 9.09 Å². The minimum atomic E-state index is -3.60. The second-order valence-corrected chi connectivity index (χ2v) is 6.25. The van der Waals surface area contributed by atoms with Gasteiger partial charge in [-0.1, -0.05) is 0 Å². The summed E-state index contributed by atoms with van der Waals surface area (Å²) < 4.78 is 30.6. The van der Waals surface area contributed by atoms with Crippen LogP contribution in [-0.4, -0.2) is 39.8 Å². The molecule has 0 bridgehead atoms. The molecular weight excluding hydrogens is 266 g/mol. The number of rotatable bonds is 7. The summed E-state index contributed by atoms with van der Waals surface area (Å²) >= 11 is 0.730. The minimum Gasteiger partial charge on any atom is -0.477 e. The molecule has 1 heterocycles. The van der Waals surface area contributed by atoms with E-state index in [0.717, 1.165) is 11.3 Å². The number of aromatic carboxylic acids is 1. The van der Waals surface area contributed by atoms with Crippen LogP contribution in [0.4, 0.5) is 0 Å². The molecule has 8 heteroatoms. The highest BCUT2D eigenvalue weighted by Crippen LogP contribution is 2.21. The highest BCUT2D eigenvalue weighted by molar-refractivity contribution is 7.91. The Morgan fingerprint density at radius 3 is 2.76 bits per heavy atom. The average molecular weight is 279 g/mol. The van der Waals surface area contributed by atoms with Gasteiger partial charge in [-0.2, -0.15) is 0 Å². The van der Waals surface area contributed by atoms with Crippen molar-refractivity contribution in [1.82, 2.24) is 4.72 Å². The molecule has 0 aliphatic carbocycles. The largest absolute Gasteiger partial charge is 0.477 e. The number of thiophene rings is 1. The SMILES string of the molecule is COCCCNS(=O)(=O)c1ccc(C(=O)O)s1. The van der Waals surface area contributed by atoms with Crippen LogP contribution in [0.5, 0.6) is 0 Å². The lowest BCUT2D eigenvalue weighted by Gasteiger charge is -2.03. The Morgan fingerprint density at radius 1 is 1.53 bits per heavy atom. The predicted octanol–water partition coefficient (Wildman–Crippen LogP) is 0.761. The number of carbonyl (C=O) groups is 1. The molecule has 2 N–H and O–H groups in total. The fourth-order valence-corrected chi connectivity index (χ4v) is 3.34. The third-order valence-corrected chi connectivity index (χ3v) is 4.90. The van der Waals surface area contributed by atoms with Crippen molar-refractivity contribution in [3.63, 3.8) is 0 Å². The first-order valence-corrected chi connectivity index (χ1v) is 7.09. The van der Waals surface area contributed by atoms with Crippen LogP contribution in [0.25, 0.3) is 0 Å². The van der Waals surface area contributed by atoms with E-state index in [2.05, 4.69) is 4.72 Å². The molecule has 0 amide bonds. The third kappa shape index (κ3) is 4.08. The van der Waals surface area contributed by atoms with Crippen LogP contribution in [0.1, 0.15) is 16.1 Å². The maximum atomic E-state index is 11.7. The molecule has 96 valence electrons. The van der Waals surface area contributed by atoms with Crippen molar-refractivity contribution in [2.24, 2.45) is 0 Å². The van der Waals surface area contributed by atoms with Crippen molar-refractivity contribution < 1.29 is 23.1 Å². The van der Waals surface area contributed by atoms with Crippen LogP contribution in [0.2, 0.25) is 0 Å². The summed E-state index contributed by atoms with van der Waals surface area (Å²) in [6, 6.07) is 2.56.